The molecule has 18 heavy (non-hydrogen) atoms. The van der Waals surface area contributed by atoms with E-state index in [4.69, 9.17) is 4.74 Å². The SMILES string of the molecule is COC(=O)N1CC(CN2CCCC2)NCC1CO. The van der Waals surface area contributed by atoms with Gasteiger partial charge in [-0.1, -0.05) is 0 Å². The van der Waals surface area contributed by atoms with E-state index in [9.17, 15) is 9.90 Å². The van der Waals surface area contributed by atoms with Gasteiger partial charge in [0.25, 0.3) is 0 Å². The average molecular weight is 257 g/mol. The Hall–Kier alpha value is -0.850. The van der Waals surface area contributed by atoms with Crippen molar-refractivity contribution >= 4 is 6.09 Å². The van der Waals surface area contributed by atoms with Gasteiger partial charge in [-0.2, -0.15) is 0 Å². The van der Waals surface area contributed by atoms with Crippen molar-refractivity contribution in [2.24, 2.45) is 0 Å². The molecule has 6 heteroatoms. The van der Waals surface area contributed by atoms with Gasteiger partial charge < -0.3 is 25.0 Å². The highest BCUT2D eigenvalue weighted by Gasteiger charge is 2.32. The van der Waals surface area contributed by atoms with E-state index in [-0.39, 0.29) is 24.8 Å². The van der Waals surface area contributed by atoms with E-state index in [1.54, 1.807) is 4.90 Å². The topological polar surface area (TPSA) is 65.0 Å². The molecule has 104 valence electrons. The molecule has 2 rings (SSSR count). The first-order valence-electron chi connectivity index (χ1n) is 6.65. The lowest BCUT2D eigenvalue weighted by Crippen LogP contribution is -2.61. The second-order valence-electron chi connectivity index (χ2n) is 5.07. The van der Waals surface area contributed by atoms with E-state index in [2.05, 4.69) is 10.2 Å². The highest BCUT2D eigenvalue weighted by molar-refractivity contribution is 5.68. The molecule has 0 aliphatic carbocycles. The van der Waals surface area contributed by atoms with Crippen LogP contribution in [0.2, 0.25) is 0 Å². The summed E-state index contributed by atoms with van der Waals surface area (Å²) in [5.41, 5.74) is 0. The summed E-state index contributed by atoms with van der Waals surface area (Å²) in [6.07, 6.45) is 2.20. The van der Waals surface area contributed by atoms with E-state index in [0.717, 1.165) is 19.6 Å². The van der Waals surface area contributed by atoms with Crippen molar-refractivity contribution in [1.82, 2.24) is 15.1 Å². The lowest BCUT2D eigenvalue weighted by atomic mass is 10.1. The number of carbonyl (C=O) groups excluding carboxylic acids is 1. The molecule has 2 heterocycles. The van der Waals surface area contributed by atoms with Crippen LogP contribution in [-0.4, -0.2) is 79.5 Å². The molecule has 1 amide bonds. The molecule has 0 aromatic rings. The number of nitrogens with one attached hydrogen (secondary N) is 1. The van der Waals surface area contributed by atoms with Gasteiger partial charge in [-0.25, -0.2) is 4.79 Å². The zero-order valence-corrected chi connectivity index (χ0v) is 11.0. The fraction of sp³-hybridized carbons (Fsp3) is 0.917. The van der Waals surface area contributed by atoms with Gasteiger partial charge in [-0.05, 0) is 25.9 Å². The molecule has 0 aromatic heterocycles. The molecule has 2 N–H and O–H groups in total. The second-order valence-corrected chi connectivity index (χ2v) is 5.07. The largest absolute Gasteiger partial charge is 0.453 e. The second kappa shape index (κ2) is 6.36. The highest BCUT2D eigenvalue weighted by atomic mass is 16.5. The lowest BCUT2D eigenvalue weighted by Gasteiger charge is -2.39. The lowest BCUT2D eigenvalue weighted by molar-refractivity contribution is 0.0555. The summed E-state index contributed by atoms with van der Waals surface area (Å²) in [7, 11) is 1.38. The van der Waals surface area contributed by atoms with Gasteiger partial charge in [-0.15, -0.1) is 0 Å². The minimum Gasteiger partial charge on any atom is -0.453 e. The maximum absolute atomic E-state index is 11.7. The fourth-order valence-corrected chi connectivity index (χ4v) is 2.77. The van der Waals surface area contributed by atoms with Crippen LogP contribution in [0.5, 0.6) is 0 Å². The number of rotatable bonds is 3. The Labute approximate surface area is 108 Å². The van der Waals surface area contributed by atoms with Crippen LogP contribution in [0, 0.1) is 0 Å². The van der Waals surface area contributed by atoms with Crippen LogP contribution in [0.3, 0.4) is 0 Å². The first-order valence-corrected chi connectivity index (χ1v) is 6.65. The number of amides is 1. The summed E-state index contributed by atoms with van der Waals surface area (Å²) in [5, 5.41) is 12.7. The van der Waals surface area contributed by atoms with Crippen molar-refractivity contribution in [2.45, 2.75) is 24.9 Å². The van der Waals surface area contributed by atoms with Crippen molar-refractivity contribution in [2.75, 3.05) is 46.4 Å². The predicted molar refractivity (Wildman–Crippen MR) is 67.4 cm³/mol. The van der Waals surface area contributed by atoms with Crippen molar-refractivity contribution in [1.29, 1.82) is 0 Å². The van der Waals surface area contributed by atoms with Crippen LogP contribution in [0.25, 0.3) is 0 Å². The summed E-state index contributed by atoms with van der Waals surface area (Å²) in [6.45, 7) is 4.47. The van der Waals surface area contributed by atoms with E-state index in [0.29, 0.717) is 13.1 Å². The third kappa shape index (κ3) is 3.13. The van der Waals surface area contributed by atoms with Gasteiger partial charge in [0.15, 0.2) is 0 Å². The van der Waals surface area contributed by atoms with Crippen molar-refractivity contribution in [3.8, 4) is 0 Å². The number of piperazine rings is 1. The standard InChI is InChI=1S/C12H23N3O3/c1-18-12(17)15-8-10(13-6-11(15)9-16)7-14-4-2-3-5-14/h10-11,13,16H,2-9H2,1H3. The van der Waals surface area contributed by atoms with Gasteiger partial charge in [0, 0.05) is 25.7 Å². The number of ether oxygens (including phenoxy) is 1. The third-order valence-corrected chi connectivity index (χ3v) is 3.80. The van der Waals surface area contributed by atoms with Crippen LogP contribution >= 0.6 is 0 Å². The summed E-state index contributed by atoms with van der Waals surface area (Å²) in [5.74, 6) is 0. The molecule has 0 aromatic carbocycles. The Bertz CT molecular complexity index is 282. The quantitative estimate of drug-likeness (QED) is 0.712. The Balaban J connectivity index is 1.89. The number of hydrogen-bond donors (Lipinski definition) is 2. The summed E-state index contributed by atoms with van der Waals surface area (Å²) in [4.78, 5) is 15.7. The van der Waals surface area contributed by atoms with Crippen LogP contribution in [-0.2, 0) is 4.74 Å². The van der Waals surface area contributed by atoms with E-state index >= 15 is 0 Å². The highest BCUT2D eigenvalue weighted by Crippen LogP contribution is 2.12. The zero-order chi connectivity index (χ0) is 13.0. The fourth-order valence-electron chi connectivity index (χ4n) is 2.77. The van der Waals surface area contributed by atoms with Crippen molar-refractivity contribution in [3.05, 3.63) is 0 Å². The summed E-state index contributed by atoms with van der Waals surface area (Å²) >= 11 is 0. The number of aliphatic hydroxyl groups is 1. The van der Waals surface area contributed by atoms with Gasteiger partial charge in [-0.3, -0.25) is 0 Å². The third-order valence-electron chi connectivity index (χ3n) is 3.80. The number of likely N-dealkylation sites (tertiary alicyclic amines) is 1. The normalized spacial score (nSPS) is 29.6. The van der Waals surface area contributed by atoms with Gasteiger partial charge >= 0.3 is 6.09 Å². The van der Waals surface area contributed by atoms with Crippen LogP contribution in [0.4, 0.5) is 4.79 Å². The summed E-state index contributed by atoms with van der Waals surface area (Å²) in [6, 6.07) is 0.0947. The molecular weight excluding hydrogens is 234 g/mol. The molecule has 2 aliphatic rings. The molecule has 2 aliphatic heterocycles. The molecular formula is C12H23N3O3. The number of nitrogens with zero attached hydrogens (tertiary/aromatic N) is 2. The van der Waals surface area contributed by atoms with Crippen LogP contribution < -0.4 is 5.32 Å². The van der Waals surface area contributed by atoms with Crippen LogP contribution in [0.1, 0.15) is 12.8 Å². The van der Waals surface area contributed by atoms with Crippen molar-refractivity contribution in [3.63, 3.8) is 0 Å². The van der Waals surface area contributed by atoms with Crippen LogP contribution in [0.15, 0.2) is 0 Å². The Morgan fingerprint density at radius 1 is 1.44 bits per heavy atom. The van der Waals surface area contributed by atoms with E-state index in [1.807, 2.05) is 0 Å². The average Bonchev–Trinajstić information content (AvgIpc) is 2.90. The monoisotopic (exact) mass is 257 g/mol. The van der Waals surface area contributed by atoms with E-state index < -0.39 is 0 Å². The molecule has 2 fully saturated rings. The maximum Gasteiger partial charge on any atom is 0.409 e. The minimum absolute atomic E-state index is 0.0292. The van der Waals surface area contributed by atoms with Crippen molar-refractivity contribution < 1.29 is 14.6 Å². The Morgan fingerprint density at radius 3 is 2.78 bits per heavy atom. The predicted octanol–water partition coefficient (Wildman–Crippen LogP) is -0.517. The number of aliphatic hydroxyl groups excluding tert-OH is 1. The van der Waals surface area contributed by atoms with Gasteiger partial charge in [0.1, 0.15) is 0 Å². The molecule has 2 saturated heterocycles. The Kier molecular flexibility index (Phi) is 4.79. The first kappa shape index (κ1) is 13.6. The number of methoxy groups -OCH3 is 1. The molecule has 0 bridgehead atoms. The van der Waals surface area contributed by atoms with Gasteiger partial charge in [0.05, 0.1) is 19.8 Å². The smallest absolute Gasteiger partial charge is 0.409 e. The first-order chi connectivity index (χ1) is 8.74. The molecule has 0 radical (unpaired) electrons. The zero-order valence-electron chi connectivity index (χ0n) is 11.0. The molecule has 6 nitrogen and oxygen atoms in total. The number of carbonyl (C=O) groups is 1. The molecule has 0 spiro atoms. The van der Waals surface area contributed by atoms with E-state index in [1.165, 1.54) is 20.0 Å². The number of hydrogen-bond acceptors (Lipinski definition) is 5. The molecule has 2 unspecified atom stereocenters. The Morgan fingerprint density at radius 2 is 2.17 bits per heavy atom. The summed E-state index contributed by atoms with van der Waals surface area (Å²) < 4.78 is 4.77. The molecule has 2 atom stereocenters. The van der Waals surface area contributed by atoms with Gasteiger partial charge in [0.2, 0.25) is 0 Å². The molecule has 0 saturated carbocycles. The maximum atomic E-state index is 11.7. The minimum atomic E-state index is -0.345.